The van der Waals surface area contributed by atoms with E-state index in [-0.39, 0.29) is 5.91 Å². The molecule has 4 rings (SSSR count). The van der Waals surface area contributed by atoms with Gasteiger partial charge in [0.25, 0.3) is 5.91 Å². The van der Waals surface area contributed by atoms with E-state index in [1.165, 1.54) is 10.8 Å². The zero-order chi connectivity index (χ0) is 19.2. The van der Waals surface area contributed by atoms with Gasteiger partial charge in [-0.1, -0.05) is 36.4 Å². The van der Waals surface area contributed by atoms with Gasteiger partial charge in [0.15, 0.2) is 5.76 Å². The number of nitrogens with zero attached hydrogens (tertiary/aromatic N) is 1. The number of nitrogens with one attached hydrogen (secondary N) is 1. The highest BCUT2D eigenvalue weighted by Gasteiger charge is 2.25. The lowest BCUT2D eigenvalue weighted by molar-refractivity contribution is -0.904. The van der Waals surface area contributed by atoms with Gasteiger partial charge in [-0.25, -0.2) is 0 Å². The number of fused-ring (bicyclic) bond motifs is 1. The number of amides is 1. The van der Waals surface area contributed by atoms with Crippen LogP contribution in [-0.2, 0) is 0 Å². The summed E-state index contributed by atoms with van der Waals surface area (Å²) >= 11 is 0. The van der Waals surface area contributed by atoms with E-state index in [4.69, 9.17) is 9.15 Å². The molecule has 1 aliphatic heterocycles. The average molecular weight is 379 g/mol. The third-order valence-corrected chi connectivity index (χ3v) is 5.42. The minimum atomic E-state index is 0.00698. The largest absolute Gasteiger partial charge is 0.493 e. The average Bonchev–Trinajstić information content (AvgIpc) is 3.28. The number of hydrogen-bond acceptors (Lipinski definition) is 3. The van der Waals surface area contributed by atoms with Crippen LogP contribution in [0.4, 0.5) is 0 Å². The number of carbonyl (C=O) groups is 1. The molecule has 28 heavy (non-hydrogen) atoms. The Morgan fingerprint density at radius 3 is 2.64 bits per heavy atom. The first kappa shape index (κ1) is 18.6. The van der Waals surface area contributed by atoms with Gasteiger partial charge >= 0.3 is 0 Å². The van der Waals surface area contributed by atoms with E-state index in [0.29, 0.717) is 5.76 Å². The fourth-order valence-corrected chi connectivity index (χ4v) is 3.81. The van der Waals surface area contributed by atoms with Gasteiger partial charge in [-0.2, -0.15) is 0 Å². The zero-order valence-electron chi connectivity index (χ0n) is 16.1. The van der Waals surface area contributed by atoms with Gasteiger partial charge in [0.05, 0.1) is 45.6 Å². The second-order valence-corrected chi connectivity index (χ2v) is 7.30. The van der Waals surface area contributed by atoms with Gasteiger partial charge in [-0.3, -0.25) is 4.79 Å². The fraction of sp³-hybridized carbons (Fsp3) is 0.348. The summed E-state index contributed by atoms with van der Waals surface area (Å²) in [6, 6.07) is 18.0. The summed E-state index contributed by atoms with van der Waals surface area (Å²) in [5.41, 5.74) is 0. The molecule has 5 heteroatoms. The van der Waals surface area contributed by atoms with E-state index < -0.39 is 0 Å². The molecule has 1 aliphatic rings. The Labute approximate surface area is 165 Å². The number of unbranched alkanes of at least 4 members (excludes halogenated alkanes) is 1. The van der Waals surface area contributed by atoms with Crippen molar-refractivity contribution in [2.75, 3.05) is 39.3 Å². The van der Waals surface area contributed by atoms with Crippen molar-refractivity contribution < 1.29 is 18.8 Å². The molecule has 1 aromatic heterocycles. The van der Waals surface area contributed by atoms with E-state index in [9.17, 15) is 4.79 Å². The van der Waals surface area contributed by atoms with Gasteiger partial charge in [0, 0.05) is 5.39 Å². The maximum atomic E-state index is 12.3. The monoisotopic (exact) mass is 379 g/mol. The van der Waals surface area contributed by atoms with Crippen molar-refractivity contribution in [1.29, 1.82) is 0 Å². The van der Waals surface area contributed by atoms with Crippen LogP contribution < -0.4 is 9.64 Å². The Balaban J connectivity index is 1.16. The molecule has 2 aromatic carbocycles. The van der Waals surface area contributed by atoms with Crippen LogP contribution in [0.2, 0.25) is 0 Å². The highest BCUT2D eigenvalue weighted by atomic mass is 16.5. The number of furan rings is 1. The Bertz CT molecular complexity index is 894. The van der Waals surface area contributed by atoms with Crippen LogP contribution in [0.3, 0.4) is 0 Å². The second-order valence-electron chi connectivity index (χ2n) is 7.30. The van der Waals surface area contributed by atoms with Crippen molar-refractivity contribution in [2.45, 2.75) is 12.8 Å². The molecule has 5 nitrogen and oxygen atoms in total. The molecule has 1 saturated heterocycles. The first-order chi connectivity index (χ1) is 13.8. The lowest BCUT2D eigenvalue weighted by atomic mass is 10.1. The molecule has 3 aromatic rings. The predicted octanol–water partition coefficient (Wildman–Crippen LogP) is 2.63. The first-order valence-corrected chi connectivity index (χ1v) is 10.1. The highest BCUT2D eigenvalue weighted by molar-refractivity contribution is 5.91. The standard InChI is InChI=1S/C23H26N2O3/c26-23(22-11-6-18-28-22)25-15-13-24(14-16-25)12-3-4-17-27-21-10-5-8-19-7-1-2-9-20(19)21/h1-2,5-11,18H,3-4,12-17H2/p+1. The molecule has 2 heterocycles. The molecule has 1 amide bonds. The Morgan fingerprint density at radius 2 is 1.82 bits per heavy atom. The van der Waals surface area contributed by atoms with Gasteiger partial charge < -0.3 is 19.0 Å². The lowest BCUT2D eigenvalue weighted by Gasteiger charge is -2.31. The summed E-state index contributed by atoms with van der Waals surface area (Å²) in [5, 5.41) is 2.39. The third kappa shape index (κ3) is 4.37. The normalized spacial score (nSPS) is 15.1. The SMILES string of the molecule is O=C(c1ccco1)N1CC[NH+](CCCCOc2cccc3ccccc23)CC1. The summed E-state index contributed by atoms with van der Waals surface area (Å²) in [5.74, 6) is 1.41. The summed E-state index contributed by atoms with van der Waals surface area (Å²) in [6.07, 6.45) is 3.73. The van der Waals surface area contributed by atoms with Crippen LogP contribution in [0.1, 0.15) is 23.4 Å². The number of benzene rings is 2. The van der Waals surface area contributed by atoms with Crippen molar-refractivity contribution in [2.24, 2.45) is 0 Å². The van der Waals surface area contributed by atoms with Crippen molar-refractivity contribution in [3.05, 3.63) is 66.6 Å². The first-order valence-electron chi connectivity index (χ1n) is 10.1. The van der Waals surface area contributed by atoms with E-state index in [1.807, 2.05) is 17.0 Å². The van der Waals surface area contributed by atoms with Crippen molar-refractivity contribution in [3.63, 3.8) is 0 Å². The number of piperazine rings is 1. The zero-order valence-corrected chi connectivity index (χ0v) is 16.1. The Morgan fingerprint density at radius 1 is 1.00 bits per heavy atom. The number of hydrogen-bond donors (Lipinski definition) is 1. The number of ether oxygens (including phenoxy) is 1. The molecule has 0 atom stereocenters. The second kappa shape index (κ2) is 8.93. The molecule has 0 aliphatic carbocycles. The smallest absolute Gasteiger partial charge is 0.289 e. The summed E-state index contributed by atoms with van der Waals surface area (Å²) in [6.45, 7) is 5.45. The summed E-state index contributed by atoms with van der Waals surface area (Å²) in [4.78, 5) is 15.8. The van der Waals surface area contributed by atoms with Gasteiger partial charge in [-0.15, -0.1) is 0 Å². The molecule has 0 radical (unpaired) electrons. The van der Waals surface area contributed by atoms with Gasteiger partial charge in [0.1, 0.15) is 5.75 Å². The predicted molar refractivity (Wildman–Crippen MR) is 109 cm³/mol. The van der Waals surface area contributed by atoms with E-state index in [2.05, 4.69) is 30.3 Å². The minimum absolute atomic E-state index is 0.00698. The fourth-order valence-electron chi connectivity index (χ4n) is 3.81. The van der Waals surface area contributed by atoms with E-state index in [0.717, 1.165) is 57.9 Å². The van der Waals surface area contributed by atoms with Gasteiger partial charge in [-0.05, 0) is 36.4 Å². The number of carbonyl (C=O) groups excluding carboxylic acids is 1. The van der Waals surface area contributed by atoms with Crippen LogP contribution >= 0.6 is 0 Å². The molecule has 0 bridgehead atoms. The van der Waals surface area contributed by atoms with E-state index in [1.54, 1.807) is 23.3 Å². The summed E-state index contributed by atoms with van der Waals surface area (Å²) < 4.78 is 11.2. The molecule has 146 valence electrons. The van der Waals surface area contributed by atoms with Crippen LogP contribution in [-0.4, -0.2) is 50.1 Å². The maximum Gasteiger partial charge on any atom is 0.289 e. The maximum absolute atomic E-state index is 12.3. The van der Waals surface area contributed by atoms with Crippen LogP contribution in [0.15, 0.2) is 65.3 Å². The highest BCUT2D eigenvalue weighted by Crippen LogP contribution is 2.25. The quantitative estimate of drug-likeness (QED) is 0.642. The van der Waals surface area contributed by atoms with E-state index >= 15 is 0 Å². The van der Waals surface area contributed by atoms with Crippen molar-refractivity contribution in [3.8, 4) is 5.75 Å². The molecule has 0 spiro atoms. The topological polar surface area (TPSA) is 47.1 Å². The molecule has 0 unspecified atom stereocenters. The van der Waals surface area contributed by atoms with Crippen LogP contribution in [0, 0.1) is 0 Å². The van der Waals surface area contributed by atoms with Crippen LogP contribution in [0.25, 0.3) is 10.8 Å². The lowest BCUT2D eigenvalue weighted by Crippen LogP contribution is -3.14. The minimum Gasteiger partial charge on any atom is -0.493 e. The van der Waals surface area contributed by atoms with Crippen LogP contribution in [0.5, 0.6) is 5.75 Å². The third-order valence-electron chi connectivity index (χ3n) is 5.42. The Kier molecular flexibility index (Phi) is 5.92. The van der Waals surface area contributed by atoms with Crippen molar-refractivity contribution in [1.82, 2.24) is 4.90 Å². The Hall–Kier alpha value is -2.79. The molecule has 1 fully saturated rings. The van der Waals surface area contributed by atoms with Crippen molar-refractivity contribution >= 4 is 16.7 Å². The molecular formula is C23H27N2O3+. The molecule has 1 N–H and O–H groups in total. The molecule has 0 saturated carbocycles. The van der Waals surface area contributed by atoms with Gasteiger partial charge in [0.2, 0.25) is 0 Å². The number of rotatable bonds is 7. The molecular weight excluding hydrogens is 352 g/mol. The number of quaternary nitrogens is 1. The summed E-state index contributed by atoms with van der Waals surface area (Å²) in [7, 11) is 0.